The Balaban J connectivity index is 2.15. The smallest absolute Gasteiger partial charge is 0.374 e. The van der Waals surface area contributed by atoms with Crippen molar-refractivity contribution >= 4 is 11.9 Å². The van der Waals surface area contributed by atoms with Gasteiger partial charge in [0, 0.05) is 25.2 Å². The Morgan fingerprint density at radius 1 is 1.55 bits per heavy atom. The van der Waals surface area contributed by atoms with Gasteiger partial charge in [-0.25, -0.2) is 4.79 Å². The molecule has 2 N–H and O–H groups in total. The molecule has 8 heteroatoms. The van der Waals surface area contributed by atoms with Crippen LogP contribution < -0.4 is 0 Å². The van der Waals surface area contributed by atoms with Gasteiger partial charge in [-0.1, -0.05) is 5.16 Å². The van der Waals surface area contributed by atoms with Crippen molar-refractivity contribution in [2.45, 2.75) is 18.6 Å². The first-order valence-electron chi connectivity index (χ1n) is 6.22. The lowest BCUT2D eigenvalue weighted by Crippen LogP contribution is -2.41. The molecule has 8 nitrogen and oxygen atoms in total. The van der Waals surface area contributed by atoms with E-state index in [0.717, 1.165) is 6.07 Å². The van der Waals surface area contributed by atoms with Crippen molar-refractivity contribution in [3.8, 4) is 0 Å². The zero-order valence-corrected chi connectivity index (χ0v) is 11.3. The Morgan fingerprint density at radius 2 is 2.25 bits per heavy atom. The molecule has 1 saturated heterocycles. The second-order valence-corrected chi connectivity index (χ2v) is 5.14. The molecule has 2 unspecified atom stereocenters. The van der Waals surface area contributed by atoms with Crippen molar-refractivity contribution < 1.29 is 24.3 Å². The molecular weight excluding hydrogens is 266 g/mol. The molecule has 0 spiro atoms. The highest BCUT2D eigenvalue weighted by Gasteiger charge is 2.36. The number of carbonyl (C=O) groups is 2. The van der Waals surface area contributed by atoms with Gasteiger partial charge in [0.05, 0.1) is 6.10 Å². The van der Waals surface area contributed by atoms with Crippen LogP contribution in [0.1, 0.15) is 27.5 Å². The average molecular weight is 283 g/mol. The van der Waals surface area contributed by atoms with E-state index >= 15 is 0 Å². The van der Waals surface area contributed by atoms with Crippen LogP contribution in [0.2, 0.25) is 0 Å². The first-order valence-corrected chi connectivity index (χ1v) is 6.22. The van der Waals surface area contributed by atoms with Gasteiger partial charge in [-0.3, -0.25) is 4.79 Å². The molecule has 1 fully saturated rings. The molecule has 1 aromatic heterocycles. The number of rotatable bonds is 4. The minimum Gasteiger partial charge on any atom is -0.475 e. The first-order chi connectivity index (χ1) is 9.38. The number of aliphatic hydroxyl groups excluding tert-OH is 1. The number of aliphatic hydroxyl groups is 1. The SMILES string of the molecule is CN(C)CC1CC(O)CN1C(=O)c1cc(C(=O)O)on1. The van der Waals surface area contributed by atoms with E-state index < -0.39 is 18.0 Å². The quantitative estimate of drug-likeness (QED) is 0.767. The van der Waals surface area contributed by atoms with Crippen molar-refractivity contribution in [2.24, 2.45) is 0 Å². The standard InChI is InChI=1S/C12H17N3O5/c1-14(2)5-7-3-8(16)6-15(7)11(17)9-4-10(12(18)19)20-13-9/h4,7-8,16H,3,5-6H2,1-2H3,(H,18,19). The van der Waals surface area contributed by atoms with Crippen LogP contribution in [0.5, 0.6) is 0 Å². The molecule has 0 radical (unpaired) electrons. The second-order valence-electron chi connectivity index (χ2n) is 5.14. The summed E-state index contributed by atoms with van der Waals surface area (Å²) in [7, 11) is 3.76. The van der Waals surface area contributed by atoms with Crippen LogP contribution >= 0.6 is 0 Å². The number of likely N-dealkylation sites (N-methyl/N-ethyl adjacent to an activating group) is 1. The topological polar surface area (TPSA) is 107 Å². The second kappa shape index (κ2) is 5.59. The summed E-state index contributed by atoms with van der Waals surface area (Å²) in [4.78, 5) is 26.4. The number of carboxylic acid groups (broad SMARTS) is 1. The van der Waals surface area contributed by atoms with E-state index in [0.29, 0.717) is 13.0 Å². The molecule has 2 heterocycles. The summed E-state index contributed by atoms with van der Waals surface area (Å²) in [5, 5.41) is 22.0. The minimum atomic E-state index is -1.28. The van der Waals surface area contributed by atoms with Gasteiger partial charge in [-0.2, -0.15) is 0 Å². The monoisotopic (exact) mass is 283 g/mol. The summed E-state index contributed by atoms with van der Waals surface area (Å²) in [5.74, 6) is -2.08. The molecule has 1 aromatic rings. The van der Waals surface area contributed by atoms with Gasteiger partial charge >= 0.3 is 5.97 Å². The number of aromatic nitrogens is 1. The number of likely N-dealkylation sites (tertiary alicyclic amines) is 1. The van der Waals surface area contributed by atoms with E-state index in [1.54, 1.807) is 0 Å². The highest BCUT2D eigenvalue weighted by atomic mass is 16.5. The summed E-state index contributed by atoms with van der Waals surface area (Å²) in [6.45, 7) is 0.832. The van der Waals surface area contributed by atoms with Gasteiger partial charge in [0.1, 0.15) is 0 Å². The molecule has 20 heavy (non-hydrogen) atoms. The van der Waals surface area contributed by atoms with Gasteiger partial charge in [0.2, 0.25) is 5.76 Å². The fourth-order valence-corrected chi connectivity index (χ4v) is 2.36. The van der Waals surface area contributed by atoms with E-state index in [9.17, 15) is 14.7 Å². The molecule has 0 aromatic carbocycles. The summed E-state index contributed by atoms with van der Waals surface area (Å²) >= 11 is 0. The first kappa shape index (κ1) is 14.5. The predicted molar refractivity (Wildman–Crippen MR) is 67.5 cm³/mol. The number of hydrogen-bond donors (Lipinski definition) is 2. The number of nitrogens with zero attached hydrogens (tertiary/aromatic N) is 3. The largest absolute Gasteiger partial charge is 0.475 e. The van der Waals surface area contributed by atoms with Gasteiger partial charge in [-0.05, 0) is 20.5 Å². The van der Waals surface area contributed by atoms with Gasteiger partial charge in [-0.15, -0.1) is 0 Å². The Hall–Kier alpha value is -1.93. The molecule has 1 amide bonds. The molecule has 2 atom stereocenters. The molecule has 110 valence electrons. The summed E-state index contributed by atoms with van der Waals surface area (Å²) in [6, 6.07) is 0.972. The maximum absolute atomic E-state index is 12.3. The van der Waals surface area contributed by atoms with E-state index in [1.165, 1.54) is 4.90 Å². The number of carboxylic acids is 1. The van der Waals surface area contributed by atoms with E-state index in [-0.39, 0.29) is 24.0 Å². The van der Waals surface area contributed by atoms with Gasteiger partial charge in [0.15, 0.2) is 5.69 Å². The van der Waals surface area contributed by atoms with Crippen molar-refractivity contribution in [1.82, 2.24) is 15.0 Å². The van der Waals surface area contributed by atoms with Crippen molar-refractivity contribution in [3.63, 3.8) is 0 Å². The highest BCUT2D eigenvalue weighted by molar-refractivity contribution is 5.95. The molecule has 0 aliphatic carbocycles. The van der Waals surface area contributed by atoms with Crippen LogP contribution in [0.3, 0.4) is 0 Å². The number of amides is 1. The zero-order chi connectivity index (χ0) is 14.9. The van der Waals surface area contributed by atoms with Crippen LogP contribution in [-0.2, 0) is 0 Å². The van der Waals surface area contributed by atoms with E-state index in [4.69, 9.17) is 5.11 Å². The lowest BCUT2D eigenvalue weighted by molar-refractivity contribution is 0.0644. The maximum atomic E-state index is 12.3. The lowest BCUT2D eigenvalue weighted by Gasteiger charge is -2.25. The maximum Gasteiger partial charge on any atom is 0.374 e. The van der Waals surface area contributed by atoms with Crippen molar-refractivity contribution in [3.05, 3.63) is 17.5 Å². The highest BCUT2D eigenvalue weighted by Crippen LogP contribution is 2.21. The van der Waals surface area contributed by atoms with E-state index in [1.807, 2.05) is 19.0 Å². The van der Waals surface area contributed by atoms with Crippen molar-refractivity contribution in [2.75, 3.05) is 27.2 Å². The van der Waals surface area contributed by atoms with Crippen LogP contribution in [0.4, 0.5) is 0 Å². The number of β-amino-alcohol motifs (C(OH)–C–C–N with tert-alkyl or cyclic N) is 1. The Morgan fingerprint density at radius 3 is 2.80 bits per heavy atom. The minimum absolute atomic E-state index is 0.0553. The number of carbonyl (C=O) groups excluding carboxylic acids is 1. The molecule has 0 saturated carbocycles. The average Bonchev–Trinajstić information content (AvgIpc) is 2.94. The van der Waals surface area contributed by atoms with Crippen LogP contribution in [0.25, 0.3) is 0 Å². The molecule has 1 aliphatic heterocycles. The predicted octanol–water partition coefficient (Wildman–Crippen LogP) is -0.490. The zero-order valence-electron chi connectivity index (χ0n) is 11.3. The fraction of sp³-hybridized carbons (Fsp3) is 0.583. The molecule has 2 rings (SSSR count). The third-order valence-electron chi connectivity index (χ3n) is 3.17. The van der Waals surface area contributed by atoms with Crippen LogP contribution in [0.15, 0.2) is 10.6 Å². The third-order valence-corrected chi connectivity index (χ3v) is 3.17. The summed E-state index contributed by atoms with van der Waals surface area (Å²) in [5.41, 5.74) is -0.0553. The molecule has 1 aliphatic rings. The Bertz CT molecular complexity index is 513. The van der Waals surface area contributed by atoms with E-state index in [2.05, 4.69) is 9.68 Å². The third kappa shape index (κ3) is 2.97. The normalized spacial score (nSPS) is 22.5. The molecule has 0 bridgehead atoms. The van der Waals surface area contributed by atoms with Crippen LogP contribution in [-0.4, -0.2) is 76.4 Å². The number of aromatic carboxylic acids is 1. The number of hydrogen-bond acceptors (Lipinski definition) is 6. The molecular formula is C12H17N3O5. The summed E-state index contributed by atoms with van der Waals surface area (Å²) < 4.78 is 4.58. The van der Waals surface area contributed by atoms with Crippen LogP contribution in [0, 0.1) is 0 Å². The Kier molecular flexibility index (Phi) is 4.05. The summed E-state index contributed by atoms with van der Waals surface area (Å²) in [6.07, 6.45) is -0.0807. The van der Waals surface area contributed by atoms with Gasteiger partial charge in [0.25, 0.3) is 5.91 Å². The van der Waals surface area contributed by atoms with Crippen molar-refractivity contribution in [1.29, 1.82) is 0 Å². The fourth-order valence-electron chi connectivity index (χ4n) is 2.36. The van der Waals surface area contributed by atoms with Gasteiger partial charge < -0.3 is 24.5 Å². The lowest BCUT2D eigenvalue weighted by atomic mass is 10.2. The Labute approximate surface area is 115 Å².